The Balaban J connectivity index is 1.91. The molecule has 2 rings (SSSR count). The number of nitrogens with zero attached hydrogens (tertiary/aromatic N) is 1. The first-order chi connectivity index (χ1) is 11.7. The Morgan fingerprint density at radius 1 is 0.708 bits per heavy atom. The van der Waals surface area contributed by atoms with Crippen molar-refractivity contribution in [1.29, 1.82) is 0 Å². The van der Waals surface area contributed by atoms with Crippen LogP contribution in [0.3, 0.4) is 0 Å². The third-order valence-corrected chi connectivity index (χ3v) is 5.55. The van der Waals surface area contributed by atoms with E-state index in [1.807, 2.05) is 0 Å². The van der Waals surface area contributed by atoms with Gasteiger partial charge in [-0.05, 0) is 37.3 Å². The Labute approximate surface area is 149 Å². The zero-order valence-corrected chi connectivity index (χ0v) is 16.1. The fourth-order valence-corrected chi connectivity index (χ4v) is 3.72. The summed E-state index contributed by atoms with van der Waals surface area (Å²) >= 11 is 0. The van der Waals surface area contributed by atoms with E-state index in [1.165, 1.54) is 74.4 Å². The number of rotatable bonds is 11. The molecule has 0 heterocycles. The van der Waals surface area contributed by atoms with Crippen LogP contribution in [0.4, 0.5) is 5.69 Å². The van der Waals surface area contributed by atoms with Crippen molar-refractivity contribution < 1.29 is 0 Å². The van der Waals surface area contributed by atoms with E-state index in [-0.39, 0.29) is 0 Å². The molecule has 0 amide bonds. The van der Waals surface area contributed by atoms with E-state index in [0.29, 0.717) is 0 Å². The largest absolute Gasteiger partial charge is 0.293 e. The molecule has 1 nitrogen and oxygen atoms in total. The van der Waals surface area contributed by atoms with Crippen molar-refractivity contribution in [3.63, 3.8) is 0 Å². The predicted molar refractivity (Wildman–Crippen MR) is 110 cm³/mol. The summed E-state index contributed by atoms with van der Waals surface area (Å²) in [5, 5.41) is 2.78. The van der Waals surface area contributed by atoms with Gasteiger partial charge < -0.3 is 0 Å². The van der Waals surface area contributed by atoms with Gasteiger partial charge in [0.2, 0.25) is 0 Å². The summed E-state index contributed by atoms with van der Waals surface area (Å²) in [6, 6.07) is 15.6. The summed E-state index contributed by atoms with van der Waals surface area (Å²) in [5.41, 5.74) is 1.48. The summed E-state index contributed by atoms with van der Waals surface area (Å²) in [4.78, 5) is 0. The second-order valence-electron chi connectivity index (χ2n) is 7.41. The van der Waals surface area contributed by atoms with E-state index < -0.39 is 0 Å². The Hall–Kier alpha value is -1.34. The molecule has 2 aromatic rings. The highest BCUT2D eigenvalue weighted by atomic mass is 15.3. The first kappa shape index (κ1) is 19.0. The monoisotopic (exact) mass is 326 g/mol. The van der Waals surface area contributed by atoms with E-state index in [9.17, 15) is 0 Å². The minimum atomic E-state index is 1.05. The van der Waals surface area contributed by atoms with Gasteiger partial charge >= 0.3 is 0 Å². The van der Waals surface area contributed by atoms with Gasteiger partial charge in [-0.2, -0.15) is 0 Å². The standard InChI is InChI=1S/C23H36N/c1-4-6-7-8-9-10-11-14-20-24(3,5-2)23-19-15-17-21-16-12-13-18-22(21)23/h12-13,15-19H,4-11,14,20H2,1-3H3/q+1. The lowest BCUT2D eigenvalue weighted by Gasteiger charge is -2.34. The van der Waals surface area contributed by atoms with Crippen LogP contribution in [0, 0.1) is 0 Å². The first-order valence-corrected chi connectivity index (χ1v) is 10.0. The number of unbranched alkanes of at least 4 members (excludes halogenated alkanes) is 7. The maximum Gasteiger partial charge on any atom is 0.140 e. The summed E-state index contributed by atoms with van der Waals surface area (Å²) in [6.45, 7) is 7.02. The van der Waals surface area contributed by atoms with Gasteiger partial charge in [0.05, 0.1) is 20.1 Å². The maximum absolute atomic E-state index is 2.41. The molecule has 0 spiro atoms. The number of benzene rings is 2. The molecular weight excluding hydrogens is 290 g/mol. The van der Waals surface area contributed by atoms with E-state index >= 15 is 0 Å². The van der Waals surface area contributed by atoms with Gasteiger partial charge in [-0.25, -0.2) is 0 Å². The minimum absolute atomic E-state index is 1.05. The molecule has 0 saturated carbocycles. The summed E-state index contributed by atoms with van der Waals surface area (Å²) < 4.78 is 1.05. The van der Waals surface area contributed by atoms with E-state index in [1.54, 1.807) is 0 Å². The van der Waals surface area contributed by atoms with Crippen LogP contribution in [-0.4, -0.2) is 20.1 Å². The van der Waals surface area contributed by atoms with Crippen molar-refractivity contribution in [1.82, 2.24) is 4.48 Å². The average molecular weight is 327 g/mol. The van der Waals surface area contributed by atoms with Crippen molar-refractivity contribution in [3.8, 4) is 0 Å². The fourth-order valence-electron chi connectivity index (χ4n) is 3.72. The van der Waals surface area contributed by atoms with Gasteiger partial charge in [0, 0.05) is 5.39 Å². The maximum atomic E-state index is 2.41. The van der Waals surface area contributed by atoms with Crippen LogP contribution < -0.4 is 4.48 Å². The van der Waals surface area contributed by atoms with Crippen LogP contribution in [0.1, 0.15) is 65.2 Å². The van der Waals surface area contributed by atoms with Crippen LogP contribution in [0.2, 0.25) is 0 Å². The van der Waals surface area contributed by atoms with Crippen molar-refractivity contribution in [2.75, 3.05) is 20.1 Å². The lowest BCUT2D eigenvalue weighted by molar-refractivity contribution is 0.337. The van der Waals surface area contributed by atoms with Gasteiger partial charge in [0.15, 0.2) is 0 Å². The highest BCUT2D eigenvalue weighted by Gasteiger charge is 2.24. The number of fused-ring (bicyclic) bond motifs is 1. The molecule has 1 unspecified atom stereocenters. The topological polar surface area (TPSA) is 0 Å². The van der Waals surface area contributed by atoms with Crippen LogP contribution >= 0.6 is 0 Å². The molecule has 132 valence electrons. The zero-order valence-electron chi connectivity index (χ0n) is 16.1. The molecule has 0 aliphatic carbocycles. The molecule has 0 aromatic heterocycles. The third-order valence-electron chi connectivity index (χ3n) is 5.55. The first-order valence-electron chi connectivity index (χ1n) is 10.0. The molecule has 2 aromatic carbocycles. The van der Waals surface area contributed by atoms with E-state index in [0.717, 1.165) is 11.0 Å². The molecular formula is C23H36N+. The molecule has 1 heteroatoms. The number of hydrogen-bond donors (Lipinski definition) is 0. The van der Waals surface area contributed by atoms with Crippen molar-refractivity contribution >= 4 is 16.5 Å². The average Bonchev–Trinajstić information content (AvgIpc) is 2.63. The number of hydrogen-bond acceptors (Lipinski definition) is 0. The highest BCUT2D eigenvalue weighted by Crippen LogP contribution is 2.31. The van der Waals surface area contributed by atoms with E-state index in [2.05, 4.69) is 63.4 Å². The molecule has 0 aliphatic rings. The molecule has 1 atom stereocenters. The quantitative estimate of drug-likeness (QED) is 0.310. The molecule has 0 fully saturated rings. The highest BCUT2D eigenvalue weighted by molar-refractivity contribution is 5.93. The SMILES string of the molecule is CCCCCCCCCC[N+](C)(CC)c1cccc2ccccc12. The Bertz CT molecular complexity index is 599. The predicted octanol–water partition coefficient (Wildman–Crippen LogP) is 6.94. The fraction of sp³-hybridized carbons (Fsp3) is 0.565. The smallest absolute Gasteiger partial charge is 0.140 e. The van der Waals surface area contributed by atoms with Crippen LogP contribution in [0.5, 0.6) is 0 Å². The van der Waals surface area contributed by atoms with Crippen molar-refractivity contribution in [3.05, 3.63) is 42.5 Å². The molecule has 0 aliphatic heterocycles. The van der Waals surface area contributed by atoms with Gasteiger partial charge in [0.25, 0.3) is 0 Å². The lowest BCUT2D eigenvalue weighted by atomic mass is 10.0. The van der Waals surface area contributed by atoms with Crippen molar-refractivity contribution in [2.24, 2.45) is 0 Å². The van der Waals surface area contributed by atoms with Gasteiger partial charge in [-0.15, -0.1) is 0 Å². The third kappa shape index (κ3) is 5.08. The second kappa shape index (κ2) is 9.84. The minimum Gasteiger partial charge on any atom is -0.293 e. The Kier molecular flexibility index (Phi) is 7.78. The Morgan fingerprint density at radius 3 is 2.04 bits per heavy atom. The summed E-state index contributed by atoms with van der Waals surface area (Å²) in [5.74, 6) is 0. The molecule has 0 N–H and O–H groups in total. The van der Waals surface area contributed by atoms with Gasteiger partial charge in [0.1, 0.15) is 5.69 Å². The molecule has 0 saturated heterocycles. The summed E-state index contributed by atoms with van der Waals surface area (Å²) in [7, 11) is 2.41. The molecule has 0 bridgehead atoms. The van der Waals surface area contributed by atoms with Gasteiger partial charge in [-0.1, -0.05) is 75.8 Å². The molecule has 0 radical (unpaired) electrons. The molecule has 24 heavy (non-hydrogen) atoms. The number of quaternary nitrogens is 1. The second-order valence-corrected chi connectivity index (χ2v) is 7.41. The summed E-state index contributed by atoms with van der Waals surface area (Å²) in [6.07, 6.45) is 11.1. The Morgan fingerprint density at radius 2 is 1.33 bits per heavy atom. The van der Waals surface area contributed by atoms with Crippen LogP contribution in [0.25, 0.3) is 10.8 Å². The van der Waals surface area contributed by atoms with Crippen LogP contribution in [0.15, 0.2) is 42.5 Å². The van der Waals surface area contributed by atoms with Gasteiger partial charge in [-0.3, -0.25) is 4.48 Å². The van der Waals surface area contributed by atoms with Crippen molar-refractivity contribution in [2.45, 2.75) is 65.2 Å². The zero-order chi connectivity index (χ0) is 17.3. The lowest BCUT2D eigenvalue weighted by Crippen LogP contribution is -2.45. The van der Waals surface area contributed by atoms with E-state index in [4.69, 9.17) is 0 Å². The normalized spacial score (nSPS) is 14.0. The van der Waals surface area contributed by atoms with Crippen LogP contribution in [-0.2, 0) is 0 Å².